The monoisotopic (exact) mass is 439 g/mol. The van der Waals surface area contributed by atoms with Crippen LogP contribution in [0.3, 0.4) is 0 Å². The van der Waals surface area contributed by atoms with Gasteiger partial charge in [-0.25, -0.2) is 4.39 Å². The molecule has 0 aliphatic carbocycles. The molecule has 168 valence electrons. The Balaban J connectivity index is 1.36. The number of anilines is 3. The summed E-state index contributed by atoms with van der Waals surface area (Å²) in [5.41, 5.74) is 2.44. The number of halogens is 1. The number of benzene rings is 2. The number of hydrogen-bond acceptors (Lipinski definition) is 5. The fourth-order valence-corrected chi connectivity index (χ4v) is 4.11. The van der Waals surface area contributed by atoms with E-state index in [9.17, 15) is 18.8 Å². The second-order valence-corrected chi connectivity index (χ2v) is 8.20. The molecule has 4 rings (SSSR count). The zero-order valence-corrected chi connectivity index (χ0v) is 17.9. The lowest BCUT2D eigenvalue weighted by molar-refractivity contribution is -0.155. The Kier molecular flexibility index (Phi) is 6.39. The number of nitrogens with one attached hydrogen (secondary N) is 2. The van der Waals surface area contributed by atoms with Crippen molar-refractivity contribution in [1.29, 1.82) is 0 Å². The SMILES string of the molecule is C[C@@H](OC(=O)[C@@H]1CC(=O)Nc2cc(F)ccc21)C(=O)Nc1ccc(N2CCCCC2)cc1. The summed E-state index contributed by atoms with van der Waals surface area (Å²) in [5.74, 6) is -2.98. The summed E-state index contributed by atoms with van der Waals surface area (Å²) in [6.45, 7) is 3.55. The summed E-state index contributed by atoms with van der Waals surface area (Å²) in [4.78, 5) is 39.5. The molecule has 2 amide bonds. The smallest absolute Gasteiger partial charge is 0.314 e. The van der Waals surface area contributed by atoms with E-state index >= 15 is 0 Å². The van der Waals surface area contributed by atoms with Crippen LogP contribution in [0.2, 0.25) is 0 Å². The first-order valence-corrected chi connectivity index (χ1v) is 10.9. The first kappa shape index (κ1) is 21.8. The molecule has 2 aromatic rings. The molecule has 1 saturated heterocycles. The van der Waals surface area contributed by atoms with E-state index in [2.05, 4.69) is 15.5 Å². The van der Waals surface area contributed by atoms with Crippen LogP contribution in [0.4, 0.5) is 21.5 Å². The van der Waals surface area contributed by atoms with Gasteiger partial charge in [0.05, 0.1) is 5.92 Å². The van der Waals surface area contributed by atoms with Gasteiger partial charge in [0.1, 0.15) is 5.82 Å². The highest BCUT2D eigenvalue weighted by atomic mass is 19.1. The van der Waals surface area contributed by atoms with Crippen LogP contribution in [0, 0.1) is 5.82 Å². The van der Waals surface area contributed by atoms with Crippen LogP contribution in [-0.2, 0) is 19.1 Å². The van der Waals surface area contributed by atoms with Gasteiger partial charge in [-0.3, -0.25) is 14.4 Å². The van der Waals surface area contributed by atoms with Gasteiger partial charge in [-0.15, -0.1) is 0 Å². The normalized spacial score (nSPS) is 18.9. The Morgan fingerprint density at radius 1 is 1.12 bits per heavy atom. The number of amides is 2. The molecule has 2 aromatic carbocycles. The lowest BCUT2D eigenvalue weighted by Gasteiger charge is -2.29. The van der Waals surface area contributed by atoms with Gasteiger partial charge in [0.2, 0.25) is 5.91 Å². The first-order chi connectivity index (χ1) is 15.4. The van der Waals surface area contributed by atoms with Crippen molar-refractivity contribution in [1.82, 2.24) is 0 Å². The molecule has 32 heavy (non-hydrogen) atoms. The molecule has 0 unspecified atom stereocenters. The third kappa shape index (κ3) is 4.90. The summed E-state index contributed by atoms with van der Waals surface area (Å²) in [6, 6.07) is 11.4. The van der Waals surface area contributed by atoms with E-state index in [1.165, 1.54) is 38.3 Å². The van der Waals surface area contributed by atoms with Crippen LogP contribution in [0.1, 0.15) is 44.1 Å². The minimum atomic E-state index is -1.06. The molecule has 1 fully saturated rings. The van der Waals surface area contributed by atoms with E-state index in [1.807, 2.05) is 24.3 Å². The van der Waals surface area contributed by atoms with Crippen molar-refractivity contribution in [2.45, 2.75) is 44.6 Å². The van der Waals surface area contributed by atoms with Gasteiger partial charge in [-0.1, -0.05) is 6.07 Å². The summed E-state index contributed by atoms with van der Waals surface area (Å²) in [6.07, 6.45) is 2.45. The summed E-state index contributed by atoms with van der Waals surface area (Å²) < 4.78 is 18.8. The van der Waals surface area contributed by atoms with Crippen LogP contribution in [0.25, 0.3) is 0 Å². The third-order valence-electron chi connectivity index (χ3n) is 5.86. The molecule has 0 spiro atoms. The lowest BCUT2D eigenvalue weighted by atomic mass is 9.90. The summed E-state index contributed by atoms with van der Waals surface area (Å²) in [7, 11) is 0. The number of ether oxygens (including phenoxy) is 1. The number of hydrogen-bond donors (Lipinski definition) is 2. The number of carbonyl (C=O) groups excluding carboxylic acids is 3. The fraction of sp³-hybridized carbons (Fsp3) is 0.375. The molecule has 2 aliphatic heterocycles. The van der Waals surface area contributed by atoms with Crippen LogP contribution >= 0.6 is 0 Å². The summed E-state index contributed by atoms with van der Waals surface area (Å²) in [5, 5.41) is 5.30. The minimum Gasteiger partial charge on any atom is -0.452 e. The van der Waals surface area contributed by atoms with Crippen molar-refractivity contribution in [2.75, 3.05) is 28.6 Å². The predicted molar refractivity (Wildman–Crippen MR) is 119 cm³/mol. The van der Waals surface area contributed by atoms with E-state index in [4.69, 9.17) is 4.74 Å². The Morgan fingerprint density at radius 2 is 1.84 bits per heavy atom. The van der Waals surface area contributed by atoms with Crippen LogP contribution in [-0.4, -0.2) is 37.0 Å². The standard InChI is InChI=1S/C24H26FN3O4/c1-15(23(30)26-17-6-8-18(9-7-17)28-11-3-2-4-12-28)32-24(31)20-14-22(29)27-21-13-16(25)5-10-19(20)21/h5-10,13,15,20H,2-4,11-12,14H2,1H3,(H,26,30)(H,27,29)/t15-,20-/m1/s1. The van der Waals surface area contributed by atoms with E-state index in [1.54, 1.807) is 0 Å². The quantitative estimate of drug-likeness (QED) is 0.692. The number of esters is 1. The van der Waals surface area contributed by atoms with Gasteiger partial charge in [0.15, 0.2) is 6.10 Å². The molecule has 0 aromatic heterocycles. The average Bonchev–Trinajstić information content (AvgIpc) is 2.79. The molecule has 8 heteroatoms. The molecular formula is C24H26FN3O4. The van der Waals surface area contributed by atoms with Gasteiger partial charge in [0, 0.05) is 36.6 Å². The van der Waals surface area contributed by atoms with Crippen LogP contribution in [0.5, 0.6) is 0 Å². The van der Waals surface area contributed by atoms with Crippen molar-refractivity contribution in [3.8, 4) is 0 Å². The number of carbonyl (C=O) groups is 3. The molecule has 0 bridgehead atoms. The number of rotatable bonds is 5. The predicted octanol–water partition coefficient (Wildman–Crippen LogP) is 3.81. The van der Waals surface area contributed by atoms with Gasteiger partial charge < -0.3 is 20.3 Å². The molecular weight excluding hydrogens is 413 g/mol. The first-order valence-electron chi connectivity index (χ1n) is 10.9. The molecule has 2 aliphatic rings. The number of fused-ring (bicyclic) bond motifs is 1. The molecule has 2 atom stereocenters. The molecule has 0 saturated carbocycles. The van der Waals surface area contributed by atoms with E-state index in [0.717, 1.165) is 24.8 Å². The maximum Gasteiger partial charge on any atom is 0.314 e. The Morgan fingerprint density at radius 3 is 2.56 bits per heavy atom. The lowest BCUT2D eigenvalue weighted by Crippen LogP contribution is -2.34. The maximum atomic E-state index is 13.5. The Hall–Kier alpha value is -3.42. The van der Waals surface area contributed by atoms with Crippen LogP contribution in [0.15, 0.2) is 42.5 Å². The highest BCUT2D eigenvalue weighted by Crippen LogP contribution is 2.34. The van der Waals surface area contributed by atoms with Crippen molar-refractivity contribution in [2.24, 2.45) is 0 Å². The van der Waals surface area contributed by atoms with Crippen molar-refractivity contribution in [3.05, 3.63) is 53.8 Å². The Labute approximate surface area is 185 Å². The number of piperidine rings is 1. The van der Waals surface area contributed by atoms with E-state index in [0.29, 0.717) is 11.3 Å². The minimum absolute atomic E-state index is 0.121. The Bertz CT molecular complexity index is 1020. The largest absolute Gasteiger partial charge is 0.452 e. The van der Waals surface area contributed by atoms with Gasteiger partial charge >= 0.3 is 5.97 Å². The van der Waals surface area contributed by atoms with E-state index < -0.39 is 35.6 Å². The molecule has 2 heterocycles. The highest BCUT2D eigenvalue weighted by Gasteiger charge is 2.34. The van der Waals surface area contributed by atoms with Gasteiger partial charge in [-0.05, 0) is 68.1 Å². The highest BCUT2D eigenvalue weighted by molar-refractivity contribution is 6.01. The topological polar surface area (TPSA) is 87.7 Å². The second kappa shape index (κ2) is 9.38. The van der Waals surface area contributed by atoms with Gasteiger partial charge in [-0.2, -0.15) is 0 Å². The summed E-state index contributed by atoms with van der Waals surface area (Å²) >= 11 is 0. The molecule has 2 N–H and O–H groups in total. The van der Waals surface area contributed by atoms with Gasteiger partial charge in [0.25, 0.3) is 5.91 Å². The number of nitrogens with zero attached hydrogens (tertiary/aromatic N) is 1. The third-order valence-corrected chi connectivity index (χ3v) is 5.86. The van der Waals surface area contributed by atoms with Crippen LogP contribution < -0.4 is 15.5 Å². The molecule has 0 radical (unpaired) electrons. The fourth-order valence-electron chi connectivity index (χ4n) is 4.11. The average molecular weight is 439 g/mol. The zero-order chi connectivity index (χ0) is 22.7. The second-order valence-electron chi connectivity index (χ2n) is 8.20. The van der Waals surface area contributed by atoms with E-state index in [-0.39, 0.29) is 12.1 Å². The maximum absolute atomic E-state index is 13.5. The molecule has 7 nitrogen and oxygen atoms in total. The van der Waals surface area contributed by atoms with Crippen molar-refractivity contribution < 1.29 is 23.5 Å². The van der Waals surface area contributed by atoms with Crippen molar-refractivity contribution in [3.63, 3.8) is 0 Å². The zero-order valence-electron chi connectivity index (χ0n) is 17.9. The van der Waals surface area contributed by atoms with Crippen molar-refractivity contribution >= 4 is 34.8 Å².